The first-order valence-corrected chi connectivity index (χ1v) is 11.5. The smallest absolute Gasteiger partial charge is 0.338 e. The van der Waals surface area contributed by atoms with Crippen LogP contribution in [0.15, 0.2) is 59.3 Å². The van der Waals surface area contributed by atoms with E-state index >= 15 is 0 Å². The first-order valence-electron chi connectivity index (χ1n) is 11.1. The molecule has 2 aliphatic heterocycles. The van der Waals surface area contributed by atoms with Crippen LogP contribution >= 0.6 is 11.6 Å². The van der Waals surface area contributed by atoms with Gasteiger partial charge in [0.25, 0.3) is 17.7 Å². The molecule has 0 bridgehead atoms. The molecule has 0 aliphatic carbocycles. The summed E-state index contributed by atoms with van der Waals surface area (Å²) in [6.07, 6.45) is -0.316. The van der Waals surface area contributed by atoms with Crippen molar-refractivity contribution in [1.29, 1.82) is 0 Å². The van der Waals surface area contributed by atoms with Crippen LogP contribution < -0.4 is 10.2 Å². The van der Waals surface area contributed by atoms with E-state index in [4.69, 9.17) is 21.1 Å². The van der Waals surface area contributed by atoms with E-state index in [2.05, 4.69) is 5.32 Å². The maximum atomic E-state index is 13.1. The zero-order chi connectivity index (χ0) is 25.1. The van der Waals surface area contributed by atoms with E-state index in [0.29, 0.717) is 37.6 Å². The third-order valence-corrected chi connectivity index (χ3v) is 5.76. The molecule has 0 saturated carbocycles. The van der Waals surface area contributed by atoms with Crippen LogP contribution in [0, 0.1) is 0 Å². The third-order valence-electron chi connectivity index (χ3n) is 5.41. The van der Waals surface area contributed by atoms with Gasteiger partial charge in [0.15, 0.2) is 0 Å². The van der Waals surface area contributed by atoms with Crippen LogP contribution in [0.5, 0.6) is 0 Å². The molecule has 4 rings (SSSR count). The number of anilines is 2. The van der Waals surface area contributed by atoms with Gasteiger partial charge in [0, 0.05) is 24.3 Å². The minimum atomic E-state index is -0.715. The summed E-state index contributed by atoms with van der Waals surface area (Å²) in [6, 6.07) is 12.6. The number of carbonyl (C=O) groups excluding carboxylic acids is 4. The number of hydrogen-bond donors (Lipinski definition) is 1. The first kappa shape index (κ1) is 24.4. The van der Waals surface area contributed by atoms with Crippen LogP contribution in [0.2, 0.25) is 0 Å². The number of benzene rings is 2. The molecule has 2 heterocycles. The van der Waals surface area contributed by atoms with Crippen molar-refractivity contribution in [3.63, 3.8) is 0 Å². The lowest BCUT2D eigenvalue weighted by molar-refractivity contribution is -0.120. The highest BCUT2D eigenvalue weighted by atomic mass is 35.5. The maximum absolute atomic E-state index is 13.1. The molecule has 2 aliphatic rings. The second kappa shape index (κ2) is 10.3. The zero-order valence-corrected chi connectivity index (χ0v) is 20.0. The molecule has 0 radical (unpaired) electrons. The molecular weight excluding hydrogens is 474 g/mol. The highest BCUT2D eigenvalue weighted by Gasteiger charge is 2.39. The van der Waals surface area contributed by atoms with Crippen molar-refractivity contribution < 1.29 is 28.7 Å². The molecule has 10 heteroatoms. The van der Waals surface area contributed by atoms with Crippen LogP contribution in [0.25, 0.3) is 0 Å². The summed E-state index contributed by atoms with van der Waals surface area (Å²) in [4.78, 5) is 53.3. The lowest BCUT2D eigenvalue weighted by atomic mass is 10.1. The Labute approximate surface area is 207 Å². The Balaban J connectivity index is 1.49. The number of rotatable bonds is 6. The molecule has 35 heavy (non-hydrogen) atoms. The van der Waals surface area contributed by atoms with Gasteiger partial charge in [0.2, 0.25) is 0 Å². The minimum absolute atomic E-state index is 0.0981. The second-order valence-corrected chi connectivity index (χ2v) is 8.62. The Kier molecular flexibility index (Phi) is 7.18. The van der Waals surface area contributed by atoms with Crippen LogP contribution in [0.4, 0.5) is 11.4 Å². The summed E-state index contributed by atoms with van der Waals surface area (Å²) >= 11 is 6.21. The topological polar surface area (TPSA) is 105 Å². The number of morpholine rings is 1. The molecule has 1 saturated heterocycles. The maximum Gasteiger partial charge on any atom is 0.338 e. The predicted molar refractivity (Wildman–Crippen MR) is 129 cm³/mol. The highest BCUT2D eigenvalue weighted by Crippen LogP contribution is 2.31. The van der Waals surface area contributed by atoms with Crippen molar-refractivity contribution in [2.75, 3.05) is 36.5 Å². The fourth-order valence-electron chi connectivity index (χ4n) is 3.69. The van der Waals surface area contributed by atoms with E-state index in [9.17, 15) is 19.2 Å². The molecule has 1 N–H and O–H groups in total. The van der Waals surface area contributed by atoms with Crippen molar-refractivity contribution in [3.05, 3.63) is 70.4 Å². The van der Waals surface area contributed by atoms with E-state index < -0.39 is 17.8 Å². The predicted octanol–water partition coefficient (Wildman–Crippen LogP) is 3.16. The number of imide groups is 1. The molecular formula is C25H24ClN3O6. The second-order valence-electron chi connectivity index (χ2n) is 8.25. The molecule has 0 atom stereocenters. The SMILES string of the molecule is CC(C)OC(=O)c1cccc(N2C(=O)C(Cl)=C(Nc3ccc(C(=O)N4CCOCC4)cc3)C2=O)c1. The van der Waals surface area contributed by atoms with E-state index in [0.717, 1.165) is 4.90 Å². The van der Waals surface area contributed by atoms with Gasteiger partial charge in [-0.1, -0.05) is 17.7 Å². The van der Waals surface area contributed by atoms with Gasteiger partial charge in [-0.05, 0) is 56.3 Å². The Bertz CT molecular complexity index is 1200. The van der Waals surface area contributed by atoms with Gasteiger partial charge in [0.05, 0.1) is 30.6 Å². The molecule has 0 unspecified atom stereocenters. The number of ether oxygens (including phenoxy) is 2. The number of amides is 3. The Morgan fingerprint density at radius 2 is 1.69 bits per heavy atom. The van der Waals surface area contributed by atoms with Gasteiger partial charge in [-0.2, -0.15) is 0 Å². The van der Waals surface area contributed by atoms with Gasteiger partial charge in [-0.25, -0.2) is 9.69 Å². The number of hydrogen-bond acceptors (Lipinski definition) is 7. The van der Waals surface area contributed by atoms with Gasteiger partial charge in [-0.15, -0.1) is 0 Å². The quantitative estimate of drug-likeness (QED) is 0.482. The monoisotopic (exact) mass is 497 g/mol. The summed E-state index contributed by atoms with van der Waals surface area (Å²) in [5, 5.41) is 2.60. The van der Waals surface area contributed by atoms with Gasteiger partial charge >= 0.3 is 5.97 Å². The number of halogens is 1. The molecule has 9 nitrogen and oxygen atoms in total. The number of nitrogens with one attached hydrogen (secondary N) is 1. The molecule has 182 valence electrons. The summed E-state index contributed by atoms with van der Waals surface area (Å²) in [5.74, 6) is -2.05. The lowest BCUT2D eigenvalue weighted by Crippen LogP contribution is -2.40. The van der Waals surface area contributed by atoms with Crippen LogP contribution in [-0.2, 0) is 19.1 Å². The number of nitrogens with zero attached hydrogens (tertiary/aromatic N) is 2. The first-order chi connectivity index (χ1) is 16.8. The standard InChI is InChI=1S/C25H24ClN3O6/c1-15(2)35-25(33)17-4-3-5-19(14-17)29-23(31)20(26)21(24(29)32)27-18-8-6-16(7-9-18)22(30)28-10-12-34-13-11-28/h3-9,14-15,27H,10-13H2,1-2H3. The average molecular weight is 498 g/mol. The van der Waals surface area contributed by atoms with E-state index in [1.807, 2.05) is 0 Å². The summed E-state index contributed by atoms with van der Waals surface area (Å²) in [7, 11) is 0. The van der Waals surface area contributed by atoms with Crippen LogP contribution in [0.3, 0.4) is 0 Å². The number of carbonyl (C=O) groups is 4. The molecule has 0 aromatic heterocycles. The van der Waals surface area contributed by atoms with Crippen LogP contribution in [0.1, 0.15) is 34.6 Å². The van der Waals surface area contributed by atoms with E-state index in [-0.39, 0.29) is 34.0 Å². The zero-order valence-electron chi connectivity index (χ0n) is 19.2. The Hall–Kier alpha value is -3.69. The Morgan fingerprint density at radius 1 is 1.00 bits per heavy atom. The largest absolute Gasteiger partial charge is 0.459 e. The molecule has 2 aromatic carbocycles. The lowest BCUT2D eigenvalue weighted by Gasteiger charge is -2.26. The summed E-state index contributed by atoms with van der Waals surface area (Å²) < 4.78 is 10.5. The molecule has 1 fully saturated rings. The van der Waals surface area contributed by atoms with E-state index in [1.165, 1.54) is 18.2 Å². The van der Waals surface area contributed by atoms with Gasteiger partial charge < -0.3 is 19.7 Å². The van der Waals surface area contributed by atoms with Crippen molar-refractivity contribution in [2.45, 2.75) is 20.0 Å². The fourth-order valence-corrected chi connectivity index (χ4v) is 3.90. The van der Waals surface area contributed by atoms with Crippen LogP contribution in [-0.4, -0.2) is 61.0 Å². The fraction of sp³-hybridized carbons (Fsp3) is 0.280. The summed E-state index contributed by atoms with van der Waals surface area (Å²) in [5.41, 5.74) is 1.28. The Morgan fingerprint density at radius 3 is 2.34 bits per heavy atom. The van der Waals surface area contributed by atoms with E-state index in [1.54, 1.807) is 49.1 Å². The third kappa shape index (κ3) is 5.21. The average Bonchev–Trinajstić information content (AvgIpc) is 3.07. The normalized spacial score (nSPS) is 16.2. The van der Waals surface area contributed by atoms with Gasteiger partial charge in [0.1, 0.15) is 10.7 Å². The summed E-state index contributed by atoms with van der Waals surface area (Å²) in [6.45, 7) is 5.53. The minimum Gasteiger partial charge on any atom is -0.459 e. The van der Waals surface area contributed by atoms with Crippen molar-refractivity contribution in [1.82, 2.24) is 4.90 Å². The van der Waals surface area contributed by atoms with Crippen molar-refractivity contribution >= 4 is 46.7 Å². The molecule has 2 aromatic rings. The molecule has 3 amide bonds. The molecule has 0 spiro atoms. The highest BCUT2D eigenvalue weighted by molar-refractivity contribution is 6.53. The number of esters is 1. The van der Waals surface area contributed by atoms with Crippen molar-refractivity contribution in [3.8, 4) is 0 Å². The van der Waals surface area contributed by atoms with Crippen molar-refractivity contribution in [2.24, 2.45) is 0 Å². The van der Waals surface area contributed by atoms with Gasteiger partial charge in [-0.3, -0.25) is 14.4 Å².